The Morgan fingerprint density at radius 3 is 2.34 bits per heavy atom. The quantitative estimate of drug-likeness (QED) is 0.0225. The van der Waals surface area contributed by atoms with Crippen LogP contribution in [0.5, 0.6) is 0 Å². The monoisotopic (exact) mass is 1320 g/mol. The van der Waals surface area contributed by atoms with E-state index in [1.54, 1.807) is 53.0 Å². The number of ether oxygens (including phenoxy) is 4. The first kappa shape index (κ1) is 71.9. The van der Waals surface area contributed by atoms with Gasteiger partial charge in [0.1, 0.15) is 47.2 Å². The number of urea groups is 1. The third kappa shape index (κ3) is 19.3. The van der Waals surface area contributed by atoms with Crippen molar-refractivity contribution >= 4 is 97.9 Å². The Labute approximate surface area is 528 Å². The fourth-order valence-corrected chi connectivity index (χ4v) is 12.0. The van der Waals surface area contributed by atoms with Crippen LogP contribution in [0, 0.1) is 30.5 Å². The number of aliphatic hydroxyl groups is 1. The number of methoxy groups -OCH3 is 1. The molecule has 3 aliphatic heterocycles. The van der Waals surface area contributed by atoms with Gasteiger partial charge in [-0.25, -0.2) is 14.0 Å². The number of hydrogen-bond acceptors (Lipinski definition) is 14. The molecule has 23 heteroatoms. The number of aryl methyl sites for hydroxylation is 1. The average Bonchev–Trinajstić information content (AvgIpc) is 1.61. The highest BCUT2D eigenvalue weighted by atomic mass is 79.9. The minimum absolute atomic E-state index is 0.00367. The fraction of sp³-hybridized carbons (Fsp3) is 0.578. The Kier molecular flexibility index (Phi) is 26.5. The lowest BCUT2D eigenvalue weighted by molar-refractivity contribution is -0.187. The summed E-state index contributed by atoms with van der Waals surface area (Å²) >= 11 is 16.8. The van der Waals surface area contributed by atoms with E-state index in [9.17, 15) is 48.3 Å². The SMILES string of the molecule is C=C(CBr)C(=O)CCCCCCC(=O)C[C@H](C(=O)N[C@@H](CCCNC(N)=O)C(=O)Cc1cc(Cl)c(C(=O)N(C)[C@@H](C)C(=O)O[C@H]2CC(=O)N(C)c3cc(cc(C)c3Cl)C/C(C)=C/C=C/[C@@H](OC)[C@]3(O)CC(=O)O[C@@H](C3)[C@@H](C)[C@@H]3O[C@@]23C)cc1F)C(C)C. The number of Topliss-reactive ketones (excluding diaryl/α,β-unsaturated/α-hetero) is 3. The van der Waals surface area contributed by atoms with E-state index in [1.165, 1.54) is 26.0 Å². The van der Waals surface area contributed by atoms with Gasteiger partial charge < -0.3 is 50.2 Å². The molecule has 0 aliphatic carbocycles. The topological polar surface area (TPSA) is 271 Å². The summed E-state index contributed by atoms with van der Waals surface area (Å²) in [5.74, 6) is -7.14. The first-order valence-electron chi connectivity index (χ1n) is 29.5. The molecule has 2 aromatic rings. The predicted octanol–water partition coefficient (Wildman–Crippen LogP) is 9.31. The van der Waals surface area contributed by atoms with Gasteiger partial charge in [0, 0.05) is 77.0 Å². The van der Waals surface area contributed by atoms with Crippen LogP contribution in [-0.4, -0.2) is 144 Å². The average molecular weight is 1320 g/mol. The number of halogens is 4. The summed E-state index contributed by atoms with van der Waals surface area (Å²) in [6, 6.07) is 2.25. The third-order valence-electron chi connectivity index (χ3n) is 16.9. The molecule has 19 nitrogen and oxygen atoms in total. The summed E-state index contributed by atoms with van der Waals surface area (Å²) in [5, 5.41) is 17.7. The number of alkyl halides is 1. The third-order valence-corrected chi connectivity index (χ3v) is 18.3. The smallest absolute Gasteiger partial charge is 0.328 e. The minimum atomic E-state index is -1.67. The Morgan fingerprint density at radius 2 is 1.70 bits per heavy atom. The minimum Gasteiger partial charge on any atom is -0.462 e. The van der Waals surface area contributed by atoms with Crippen molar-refractivity contribution in [3.8, 4) is 0 Å². The highest BCUT2D eigenvalue weighted by molar-refractivity contribution is 9.09. The van der Waals surface area contributed by atoms with E-state index in [4.69, 9.17) is 47.9 Å². The highest BCUT2D eigenvalue weighted by Crippen LogP contribution is 2.50. The molecule has 2 aromatic carbocycles. The van der Waals surface area contributed by atoms with Crippen LogP contribution >= 0.6 is 39.1 Å². The molecule has 3 heterocycles. The van der Waals surface area contributed by atoms with Gasteiger partial charge in [-0.15, -0.1) is 0 Å². The molecule has 87 heavy (non-hydrogen) atoms. The van der Waals surface area contributed by atoms with Crippen LogP contribution in [-0.2, 0) is 65.4 Å². The van der Waals surface area contributed by atoms with Gasteiger partial charge >= 0.3 is 18.0 Å². The number of amides is 5. The van der Waals surface area contributed by atoms with E-state index >= 15 is 4.39 Å². The van der Waals surface area contributed by atoms with Gasteiger partial charge in [0.2, 0.25) is 11.8 Å². The van der Waals surface area contributed by atoms with Crippen LogP contribution in [0.1, 0.15) is 146 Å². The number of carbonyl (C=O) groups excluding carboxylic acids is 9. The number of unbranched alkanes of at least 4 members (excludes halogenated alkanes) is 3. The number of carbonyl (C=O) groups is 9. The number of benzene rings is 2. The van der Waals surface area contributed by atoms with E-state index in [1.807, 2.05) is 26.0 Å². The molecule has 4 bridgehead atoms. The van der Waals surface area contributed by atoms with Gasteiger partial charge in [0.05, 0.1) is 46.3 Å². The molecule has 2 saturated heterocycles. The zero-order chi connectivity index (χ0) is 64.8. The van der Waals surface area contributed by atoms with Crippen LogP contribution in [0.2, 0.25) is 10.0 Å². The number of nitrogens with two attached hydrogens (primary N) is 1. The highest BCUT2D eigenvalue weighted by Gasteiger charge is 2.64. The van der Waals surface area contributed by atoms with Gasteiger partial charge in [-0.05, 0) is 106 Å². The lowest BCUT2D eigenvalue weighted by atomic mass is 9.78. The van der Waals surface area contributed by atoms with Crippen molar-refractivity contribution in [1.82, 2.24) is 15.5 Å². The summed E-state index contributed by atoms with van der Waals surface area (Å²) < 4.78 is 40.3. The van der Waals surface area contributed by atoms with Crippen LogP contribution in [0.4, 0.5) is 14.9 Å². The molecule has 5 N–H and O–H groups in total. The molecule has 3 aliphatic rings. The van der Waals surface area contributed by atoms with Gasteiger partial charge in [-0.2, -0.15) is 0 Å². The van der Waals surface area contributed by atoms with Crippen molar-refractivity contribution in [2.45, 2.75) is 186 Å². The zero-order valence-electron chi connectivity index (χ0n) is 51.5. The molecule has 0 spiro atoms. The lowest BCUT2D eigenvalue weighted by Crippen LogP contribution is -2.53. The number of ketones is 3. The van der Waals surface area contributed by atoms with Crippen LogP contribution in [0.3, 0.4) is 0 Å². The lowest BCUT2D eigenvalue weighted by Gasteiger charge is -2.41. The number of nitrogens with zero attached hydrogens (tertiary/aromatic N) is 2. The molecular weight excluding hydrogens is 1230 g/mol. The molecule has 478 valence electrons. The summed E-state index contributed by atoms with van der Waals surface area (Å²) in [6.07, 6.45) is 3.83. The fourth-order valence-electron chi connectivity index (χ4n) is 11.2. The van der Waals surface area contributed by atoms with Gasteiger partial charge in [-0.1, -0.05) is 109 Å². The standard InChI is InChI=1S/C64H85BrCl2FN5O14/c1-35(2)44(29-43(74)19-14-12-13-15-21-50(75)38(5)34-65)59(79)71-48(20-17-23-70-62(69)82)51(76)28-42-27-46(66)45(30-47(42)68)60(80)72(9)40(7)61(81)86-54-31-55(77)73(10)49-26-41(25-37(4)57(49)67)24-36(3)18-16-22-53(84-11)64(83)32-52(85-56(78)33-64)39(6)58-63(54,8)87-58/h16,18,22,25-27,30,35,39-40,44,48,52-54,58,83H,5,12-15,17,19-21,23-24,28-29,31-34H2,1-4,6-11H3,(H,71,79)(H3,69,70,82)/b22-16+,36-18+/t39-,40+,44+,48+,52+,53-,54+,58+,63+,64-/m1/s1. The number of fused-ring (bicyclic) bond motifs is 5. The van der Waals surface area contributed by atoms with E-state index in [-0.39, 0.29) is 78.7 Å². The second kappa shape index (κ2) is 32.1. The number of nitrogens with one attached hydrogen (secondary N) is 2. The number of likely N-dealkylation sites (N-methyl/N-ethyl adjacent to an activating group) is 1. The summed E-state index contributed by atoms with van der Waals surface area (Å²) in [6.45, 7) is 15.9. The predicted molar refractivity (Wildman–Crippen MR) is 332 cm³/mol. The largest absolute Gasteiger partial charge is 0.462 e. The van der Waals surface area contributed by atoms with Crippen LogP contribution < -0.4 is 21.3 Å². The molecule has 0 unspecified atom stereocenters. The van der Waals surface area contributed by atoms with Gasteiger partial charge in [-0.3, -0.25) is 33.6 Å². The number of epoxide rings is 1. The molecule has 0 saturated carbocycles. The van der Waals surface area contributed by atoms with Crippen molar-refractivity contribution in [3.05, 3.63) is 98.3 Å². The number of rotatable bonds is 26. The molecule has 0 radical (unpaired) electrons. The zero-order valence-corrected chi connectivity index (χ0v) is 54.6. The molecule has 10 atom stereocenters. The van der Waals surface area contributed by atoms with Crippen LogP contribution in [0.25, 0.3) is 0 Å². The maximum Gasteiger partial charge on any atom is 0.328 e. The summed E-state index contributed by atoms with van der Waals surface area (Å²) in [7, 11) is 4.25. The molecular formula is C64H85BrCl2FN5O14. The van der Waals surface area contributed by atoms with Crippen LogP contribution in [0.15, 0.2) is 60.2 Å². The van der Waals surface area contributed by atoms with E-state index in [0.717, 1.165) is 34.6 Å². The normalized spacial score (nSPS) is 24.3. The van der Waals surface area contributed by atoms with Gasteiger partial charge in [0.15, 0.2) is 11.6 Å². The number of esters is 2. The van der Waals surface area contributed by atoms with E-state index in [2.05, 4.69) is 33.1 Å². The summed E-state index contributed by atoms with van der Waals surface area (Å²) in [5.41, 5.74) is 4.99. The Morgan fingerprint density at radius 1 is 1.02 bits per heavy atom. The van der Waals surface area contributed by atoms with Crippen molar-refractivity contribution in [2.75, 3.05) is 38.0 Å². The van der Waals surface area contributed by atoms with Crippen molar-refractivity contribution < 1.29 is 71.6 Å². The first-order chi connectivity index (χ1) is 40.8. The molecule has 2 fully saturated rings. The Bertz CT molecular complexity index is 2990. The van der Waals surface area contributed by atoms with Gasteiger partial charge in [0.25, 0.3) is 5.91 Å². The maximum atomic E-state index is 16.3. The molecule has 5 rings (SSSR count). The maximum absolute atomic E-state index is 16.3. The number of hydrogen-bond donors (Lipinski definition) is 4. The van der Waals surface area contributed by atoms with Crippen molar-refractivity contribution in [2.24, 2.45) is 23.5 Å². The summed E-state index contributed by atoms with van der Waals surface area (Å²) in [4.78, 5) is 123. The second-order valence-electron chi connectivity index (χ2n) is 24.0. The van der Waals surface area contributed by atoms with E-state index < -0.39 is 120 Å². The Balaban J connectivity index is 1.33. The number of anilines is 1. The Hall–Kier alpha value is -5.84. The number of allylic oxidation sites excluding steroid dienone is 4. The number of primary amides is 1. The molecule has 5 amide bonds. The van der Waals surface area contributed by atoms with Crippen molar-refractivity contribution in [1.29, 1.82) is 0 Å². The van der Waals surface area contributed by atoms with E-state index in [0.29, 0.717) is 59.3 Å². The second-order valence-corrected chi connectivity index (χ2v) is 25.3. The van der Waals surface area contributed by atoms with Crippen molar-refractivity contribution in [3.63, 3.8) is 0 Å². The molecule has 0 aromatic heterocycles. The first-order valence-corrected chi connectivity index (χ1v) is 31.4.